The Balaban J connectivity index is 2.19. The second-order valence-electron chi connectivity index (χ2n) is 4.09. The molecule has 3 rings (SSSR count). The molecule has 1 aliphatic rings. The summed E-state index contributed by atoms with van der Waals surface area (Å²) in [6, 6.07) is 8.45. The van der Waals surface area contributed by atoms with Crippen molar-refractivity contribution in [2.45, 2.75) is 6.42 Å². The smallest absolute Gasteiger partial charge is 0.0349 e. The minimum absolute atomic E-state index is 0.971. The molecule has 1 aliphatic heterocycles. The first-order valence-electron chi connectivity index (χ1n) is 5.68. The van der Waals surface area contributed by atoms with Crippen LogP contribution in [0.15, 0.2) is 42.7 Å². The van der Waals surface area contributed by atoms with Crippen LogP contribution in [0.25, 0.3) is 16.3 Å². The van der Waals surface area contributed by atoms with Gasteiger partial charge in [-0.2, -0.15) is 0 Å². The summed E-state index contributed by atoms with van der Waals surface area (Å²) in [4.78, 5) is 4.33. The van der Waals surface area contributed by atoms with E-state index in [-0.39, 0.29) is 0 Å². The van der Waals surface area contributed by atoms with Crippen LogP contribution in [0.2, 0.25) is 0 Å². The standard InChI is InChI=1S/C14H14N2/c1-2-4-13-12(3-1)9-16-10-14(13)11-5-7-15-8-6-11/h1-5,9-10,15H,6-8H2. The van der Waals surface area contributed by atoms with Crippen molar-refractivity contribution >= 4 is 16.3 Å². The maximum atomic E-state index is 4.33. The van der Waals surface area contributed by atoms with Gasteiger partial charge in [-0.3, -0.25) is 4.98 Å². The number of fused-ring (bicyclic) bond motifs is 1. The van der Waals surface area contributed by atoms with Crippen LogP contribution >= 0.6 is 0 Å². The lowest BCUT2D eigenvalue weighted by molar-refractivity contribution is 0.739. The molecule has 0 unspecified atom stereocenters. The Bertz CT molecular complexity index is 538. The van der Waals surface area contributed by atoms with E-state index in [9.17, 15) is 0 Å². The van der Waals surface area contributed by atoms with Crippen molar-refractivity contribution in [3.63, 3.8) is 0 Å². The second kappa shape index (κ2) is 4.06. The summed E-state index contributed by atoms with van der Waals surface area (Å²) in [6.45, 7) is 2.04. The van der Waals surface area contributed by atoms with E-state index >= 15 is 0 Å². The van der Waals surface area contributed by atoms with E-state index in [1.807, 2.05) is 12.4 Å². The summed E-state index contributed by atoms with van der Waals surface area (Å²) < 4.78 is 0. The molecule has 2 nitrogen and oxygen atoms in total. The molecular formula is C14H14N2. The minimum atomic E-state index is 0.971. The Labute approximate surface area is 95.0 Å². The Hall–Kier alpha value is -1.67. The molecule has 0 fully saturated rings. The number of rotatable bonds is 1. The quantitative estimate of drug-likeness (QED) is 0.782. The normalized spacial score (nSPS) is 16.1. The molecule has 0 bridgehead atoms. The Kier molecular flexibility index (Phi) is 2.43. The van der Waals surface area contributed by atoms with Crippen LogP contribution in [0, 0.1) is 0 Å². The van der Waals surface area contributed by atoms with Crippen LogP contribution in [0.5, 0.6) is 0 Å². The summed E-state index contributed by atoms with van der Waals surface area (Å²) in [5.41, 5.74) is 2.71. The van der Waals surface area contributed by atoms with E-state index in [1.165, 1.54) is 21.9 Å². The van der Waals surface area contributed by atoms with E-state index in [0.717, 1.165) is 19.5 Å². The van der Waals surface area contributed by atoms with Crippen molar-refractivity contribution < 1.29 is 0 Å². The first kappa shape index (κ1) is 9.55. The minimum Gasteiger partial charge on any atom is -0.313 e. The molecule has 2 aromatic rings. The van der Waals surface area contributed by atoms with Gasteiger partial charge >= 0.3 is 0 Å². The molecule has 1 aromatic carbocycles. The molecule has 1 N–H and O–H groups in total. The zero-order chi connectivity index (χ0) is 10.8. The first-order valence-corrected chi connectivity index (χ1v) is 5.68. The first-order chi connectivity index (χ1) is 7.95. The molecule has 0 saturated carbocycles. The molecule has 2 heterocycles. The third-order valence-corrected chi connectivity index (χ3v) is 3.08. The summed E-state index contributed by atoms with van der Waals surface area (Å²) in [5.74, 6) is 0. The van der Waals surface area contributed by atoms with Gasteiger partial charge in [-0.05, 0) is 23.9 Å². The van der Waals surface area contributed by atoms with Crippen molar-refractivity contribution in [2.24, 2.45) is 0 Å². The van der Waals surface area contributed by atoms with E-state index in [0.29, 0.717) is 0 Å². The van der Waals surface area contributed by atoms with E-state index < -0.39 is 0 Å². The van der Waals surface area contributed by atoms with Gasteiger partial charge in [0.2, 0.25) is 0 Å². The van der Waals surface area contributed by atoms with Gasteiger partial charge in [0.05, 0.1) is 0 Å². The Morgan fingerprint density at radius 2 is 2.06 bits per heavy atom. The molecule has 0 amide bonds. The lowest BCUT2D eigenvalue weighted by Crippen LogP contribution is -2.20. The summed E-state index contributed by atoms with van der Waals surface area (Å²) in [5, 5.41) is 5.87. The molecule has 16 heavy (non-hydrogen) atoms. The van der Waals surface area contributed by atoms with Crippen molar-refractivity contribution in [3.8, 4) is 0 Å². The maximum Gasteiger partial charge on any atom is 0.0349 e. The monoisotopic (exact) mass is 210 g/mol. The highest BCUT2D eigenvalue weighted by Gasteiger charge is 2.08. The largest absolute Gasteiger partial charge is 0.313 e. The third-order valence-electron chi connectivity index (χ3n) is 3.08. The predicted molar refractivity (Wildman–Crippen MR) is 67.2 cm³/mol. The highest BCUT2D eigenvalue weighted by Crippen LogP contribution is 2.26. The van der Waals surface area contributed by atoms with Gasteiger partial charge in [0.1, 0.15) is 0 Å². The molecule has 2 heteroatoms. The molecular weight excluding hydrogens is 196 g/mol. The Morgan fingerprint density at radius 1 is 1.12 bits per heavy atom. The fraction of sp³-hybridized carbons (Fsp3) is 0.214. The fourth-order valence-electron chi connectivity index (χ4n) is 2.24. The van der Waals surface area contributed by atoms with Gasteiger partial charge in [0.25, 0.3) is 0 Å². The lowest BCUT2D eigenvalue weighted by Gasteiger charge is -2.15. The topological polar surface area (TPSA) is 24.9 Å². The summed E-state index contributed by atoms with van der Waals surface area (Å²) in [6.07, 6.45) is 7.28. The van der Waals surface area contributed by atoms with E-state index in [4.69, 9.17) is 0 Å². The fourth-order valence-corrected chi connectivity index (χ4v) is 2.24. The molecule has 1 aromatic heterocycles. The molecule has 0 spiro atoms. The van der Waals surface area contributed by atoms with Crippen molar-refractivity contribution in [1.82, 2.24) is 10.3 Å². The zero-order valence-corrected chi connectivity index (χ0v) is 9.11. The number of nitrogens with zero attached hydrogens (tertiary/aromatic N) is 1. The van der Waals surface area contributed by atoms with Gasteiger partial charge in [-0.15, -0.1) is 0 Å². The number of benzene rings is 1. The molecule has 0 radical (unpaired) electrons. The van der Waals surface area contributed by atoms with E-state index in [2.05, 4.69) is 40.6 Å². The van der Waals surface area contributed by atoms with Gasteiger partial charge in [0.15, 0.2) is 0 Å². The van der Waals surface area contributed by atoms with Crippen LogP contribution in [-0.4, -0.2) is 18.1 Å². The van der Waals surface area contributed by atoms with Gasteiger partial charge < -0.3 is 5.32 Å². The predicted octanol–water partition coefficient (Wildman–Crippen LogP) is 2.61. The zero-order valence-electron chi connectivity index (χ0n) is 9.11. The van der Waals surface area contributed by atoms with E-state index in [1.54, 1.807) is 0 Å². The van der Waals surface area contributed by atoms with Crippen LogP contribution in [0.3, 0.4) is 0 Å². The molecule has 0 saturated heterocycles. The number of nitrogens with one attached hydrogen (secondary N) is 1. The average Bonchev–Trinajstić information content (AvgIpc) is 2.39. The SMILES string of the molecule is C1=C(c2cncc3ccccc23)CCNC1. The second-order valence-corrected chi connectivity index (χ2v) is 4.09. The van der Waals surface area contributed by atoms with Crippen molar-refractivity contribution in [3.05, 3.63) is 48.3 Å². The molecule has 80 valence electrons. The van der Waals surface area contributed by atoms with Gasteiger partial charge in [0, 0.05) is 29.9 Å². The highest BCUT2D eigenvalue weighted by atomic mass is 14.8. The van der Waals surface area contributed by atoms with Crippen LogP contribution < -0.4 is 5.32 Å². The third kappa shape index (κ3) is 1.61. The number of aromatic nitrogens is 1. The van der Waals surface area contributed by atoms with Gasteiger partial charge in [-0.25, -0.2) is 0 Å². The highest BCUT2D eigenvalue weighted by molar-refractivity contribution is 5.93. The summed E-state index contributed by atoms with van der Waals surface area (Å²) >= 11 is 0. The number of hydrogen-bond acceptors (Lipinski definition) is 2. The lowest BCUT2D eigenvalue weighted by atomic mass is 9.97. The Morgan fingerprint density at radius 3 is 2.94 bits per heavy atom. The molecule has 0 atom stereocenters. The number of hydrogen-bond donors (Lipinski definition) is 1. The van der Waals surface area contributed by atoms with Crippen LogP contribution in [0.1, 0.15) is 12.0 Å². The maximum absolute atomic E-state index is 4.33. The summed E-state index contributed by atoms with van der Waals surface area (Å²) in [7, 11) is 0. The number of pyridine rings is 1. The van der Waals surface area contributed by atoms with Crippen molar-refractivity contribution in [1.29, 1.82) is 0 Å². The van der Waals surface area contributed by atoms with Crippen molar-refractivity contribution in [2.75, 3.05) is 13.1 Å². The van der Waals surface area contributed by atoms with Crippen LogP contribution in [-0.2, 0) is 0 Å². The molecule has 0 aliphatic carbocycles. The van der Waals surface area contributed by atoms with Crippen LogP contribution in [0.4, 0.5) is 0 Å². The average molecular weight is 210 g/mol. The van der Waals surface area contributed by atoms with Gasteiger partial charge in [-0.1, -0.05) is 30.3 Å².